The Bertz CT molecular complexity index is 657. The average Bonchev–Trinajstić information content (AvgIpc) is 2.86. The highest BCUT2D eigenvalue weighted by molar-refractivity contribution is 5.40. The fourth-order valence-electron chi connectivity index (χ4n) is 2.55. The Kier molecular flexibility index (Phi) is 3.80. The van der Waals surface area contributed by atoms with E-state index in [1.54, 1.807) is 6.07 Å². The van der Waals surface area contributed by atoms with Crippen LogP contribution in [0.1, 0.15) is 16.7 Å². The van der Waals surface area contributed by atoms with Crippen molar-refractivity contribution in [1.29, 1.82) is 0 Å². The monoisotopic (exact) mass is 287 g/mol. The number of rotatable bonds is 4. The summed E-state index contributed by atoms with van der Waals surface area (Å²) in [5.74, 6) is 1.07. The predicted octanol–water partition coefficient (Wildman–Crippen LogP) is 2.98. The lowest BCUT2D eigenvalue weighted by molar-refractivity contribution is 0.148. The third-order valence-electron chi connectivity index (χ3n) is 3.56. The molecule has 0 radical (unpaired) electrons. The summed E-state index contributed by atoms with van der Waals surface area (Å²) in [6.45, 7) is 2.74. The first kappa shape index (κ1) is 13.9. The molecule has 1 atom stereocenters. The highest BCUT2D eigenvalue weighted by Gasteiger charge is 2.23. The van der Waals surface area contributed by atoms with E-state index in [0.717, 1.165) is 17.7 Å². The van der Waals surface area contributed by atoms with Crippen molar-refractivity contribution in [2.24, 2.45) is 5.73 Å². The van der Waals surface area contributed by atoms with E-state index < -0.39 is 0 Å². The van der Waals surface area contributed by atoms with Crippen molar-refractivity contribution in [3.8, 4) is 11.5 Å². The van der Waals surface area contributed by atoms with Crippen LogP contribution in [0.3, 0.4) is 0 Å². The molecule has 0 aliphatic carbocycles. The van der Waals surface area contributed by atoms with Crippen LogP contribution in [-0.2, 0) is 13.0 Å². The van der Waals surface area contributed by atoms with Gasteiger partial charge in [-0.25, -0.2) is 4.39 Å². The first-order chi connectivity index (χ1) is 10.1. The van der Waals surface area contributed by atoms with Gasteiger partial charge < -0.3 is 15.2 Å². The third-order valence-corrected chi connectivity index (χ3v) is 3.56. The van der Waals surface area contributed by atoms with Gasteiger partial charge in [0.25, 0.3) is 0 Å². The molecule has 1 unspecified atom stereocenters. The quantitative estimate of drug-likeness (QED) is 0.940. The van der Waals surface area contributed by atoms with Gasteiger partial charge in [0.05, 0.1) is 0 Å². The maximum atomic E-state index is 13.4. The lowest BCUT2D eigenvalue weighted by atomic mass is 10.1. The molecule has 2 aromatic carbocycles. The van der Waals surface area contributed by atoms with Gasteiger partial charge in [-0.1, -0.05) is 17.7 Å². The van der Waals surface area contributed by atoms with Crippen molar-refractivity contribution in [2.75, 3.05) is 6.61 Å². The molecule has 2 aromatic rings. The average molecular weight is 287 g/mol. The summed E-state index contributed by atoms with van der Waals surface area (Å²) < 4.78 is 24.9. The van der Waals surface area contributed by atoms with Crippen LogP contribution in [0.2, 0.25) is 0 Å². The molecule has 21 heavy (non-hydrogen) atoms. The van der Waals surface area contributed by atoms with Crippen LogP contribution in [-0.4, -0.2) is 12.7 Å². The second-order valence-corrected chi connectivity index (χ2v) is 5.37. The summed E-state index contributed by atoms with van der Waals surface area (Å²) in [5, 5.41) is 0. The molecule has 1 aliphatic heterocycles. The van der Waals surface area contributed by atoms with Crippen LogP contribution in [0, 0.1) is 12.7 Å². The second kappa shape index (κ2) is 5.74. The molecule has 2 N–H and O–H groups in total. The van der Waals surface area contributed by atoms with Crippen LogP contribution in [0.4, 0.5) is 4.39 Å². The van der Waals surface area contributed by atoms with E-state index >= 15 is 0 Å². The van der Waals surface area contributed by atoms with E-state index in [1.165, 1.54) is 23.3 Å². The number of hydrogen-bond donors (Lipinski definition) is 1. The van der Waals surface area contributed by atoms with Crippen LogP contribution >= 0.6 is 0 Å². The molecule has 0 bridgehead atoms. The lowest BCUT2D eigenvalue weighted by Crippen LogP contribution is -2.22. The lowest BCUT2D eigenvalue weighted by Gasteiger charge is -2.13. The number of ether oxygens (including phenoxy) is 2. The van der Waals surface area contributed by atoms with E-state index in [0.29, 0.717) is 18.9 Å². The Labute approximate surface area is 123 Å². The van der Waals surface area contributed by atoms with Crippen LogP contribution in [0.5, 0.6) is 11.5 Å². The van der Waals surface area contributed by atoms with Gasteiger partial charge in [0.15, 0.2) is 0 Å². The molecule has 0 aromatic heterocycles. The zero-order chi connectivity index (χ0) is 14.8. The SMILES string of the molecule is Cc1ccc2c(c1)CC(COc1cc(F)cc(CN)c1)O2. The van der Waals surface area contributed by atoms with Gasteiger partial charge in [0, 0.05) is 19.0 Å². The summed E-state index contributed by atoms with van der Waals surface area (Å²) in [6.07, 6.45) is 0.780. The van der Waals surface area contributed by atoms with Gasteiger partial charge in [0.1, 0.15) is 30.0 Å². The van der Waals surface area contributed by atoms with Crippen molar-refractivity contribution in [3.05, 3.63) is 58.9 Å². The minimum absolute atomic E-state index is 0.0357. The number of nitrogens with two attached hydrogens (primary N) is 1. The molecular formula is C17H18FNO2. The molecule has 4 heteroatoms. The summed E-state index contributed by atoms with van der Waals surface area (Å²) in [4.78, 5) is 0. The van der Waals surface area contributed by atoms with Crippen molar-refractivity contribution in [1.82, 2.24) is 0 Å². The van der Waals surface area contributed by atoms with Gasteiger partial charge in [-0.2, -0.15) is 0 Å². The first-order valence-electron chi connectivity index (χ1n) is 7.02. The summed E-state index contributed by atoms with van der Waals surface area (Å²) in [6, 6.07) is 10.7. The molecular weight excluding hydrogens is 269 g/mol. The van der Waals surface area contributed by atoms with Crippen LogP contribution in [0.25, 0.3) is 0 Å². The van der Waals surface area contributed by atoms with Crippen molar-refractivity contribution >= 4 is 0 Å². The van der Waals surface area contributed by atoms with Gasteiger partial charge in [-0.05, 0) is 36.2 Å². The normalized spacial score (nSPS) is 16.4. The number of fused-ring (bicyclic) bond motifs is 1. The number of aryl methyl sites for hydroxylation is 1. The number of halogens is 1. The Morgan fingerprint density at radius 2 is 2.14 bits per heavy atom. The number of benzene rings is 2. The minimum atomic E-state index is -0.334. The zero-order valence-corrected chi connectivity index (χ0v) is 11.9. The summed E-state index contributed by atoms with van der Waals surface area (Å²) >= 11 is 0. The molecule has 1 aliphatic rings. The third kappa shape index (κ3) is 3.16. The van der Waals surface area contributed by atoms with E-state index in [4.69, 9.17) is 15.2 Å². The van der Waals surface area contributed by atoms with E-state index in [2.05, 4.69) is 13.0 Å². The molecule has 0 spiro atoms. The van der Waals surface area contributed by atoms with E-state index in [9.17, 15) is 4.39 Å². The van der Waals surface area contributed by atoms with Crippen LogP contribution in [0.15, 0.2) is 36.4 Å². The first-order valence-corrected chi connectivity index (χ1v) is 7.02. The standard InChI is InChI=1S/C17H18FNO2/c1-11-2-3-17-13(4-11)7-16(21-17)10-20-15-6-12(9-19)5-14(18)8-15/h2-6,8,16H,7,9-10,19H2,1H3. The van der Waals surface area contributed by atoms with Crippen molar-refractivity contribution in [3.63, 3.8) is 0 Å². The summed E-state index contributed by atoms with van der Waals surface area (Å²) in [5.41, 5.74) is 8.67. The predicted molar refractivity (Wildman–Crippen MR) is 79.1 cm³/mol. The highest BCUT2D eigenvalue weighted by Crippen LogP contribution is 2.29. The molecule has 0 amide bonds. The summed E-state index contributed by atoms with van der Waals surface area (Å²) in [7, 11) is 0. The van der Waals surface area contributed by atoms with E-state index in [1.807, 2.05) is 12.1 Å². The Hall–Kier alpha value is -2.07. The van der Waals surface area contributed by atoms with Gasteiger partial charge in [-0.3, -0.25) is 0 Å². The molecule has 0 saturated heterocycles. The van der Waals surface area contributed by atoms with Crippen molar-refractivity contribution in [2.45, 2.75) is 26.0 Å². The number of hydrogen-bond acceptors (Lipinski definition) is 3. The smallest absolute Gasteiger partial charge is 0.137 e. The molecule has 1 heterocycles. The minimum Gasteiger partial charge on any atom is -0.490 e. The largest absolute Gasteiger partial charge is 0.490 e. The molecule has 0 fully saturated rings. The maximum absolute atomic E-state index is 13.4. The van der Waals surface area contributed by atoms with Gasteiger partial charge in [0.2, 0.25) is 0 Å². The fourth-order valence-corrected chi connectivity index (χ4v) is 2.55. The molecule has 0 saturated carbocycles. The van der Waals surface area contributed by atoms with Gasteiger partial charge in [-0.15, -0.1) is 0 Å². The maximum Gasteiger partial charge on any atom is 0.137 e. The topological polar surface area (TPSA) is 44.5 Å². The van der Waals surface area contributed by atoms with Gasteiger partial charge >= 0.3 is 0 Å². The Balaban J connectivity index is 1.63. The second-order valence-electron chi connectivity index (χ2n) is 5.37. The Morgan fingerprint density at radius 1 is 1.29 bits per heavy atom. The fraction of sp³-hybridized carbons (Fsp3) is 0.294. The molecule has 3 rings (SSSR count). The van der Waals surface area contributed by atoms with E-state index in [-0.39, 0.29) is 11.9 Å². The zero-order valence-electron chi connectivity index (χ0n) is 11.9. The highest BCUT2D eigenvalue weighted by atomic mass is 19.1. The molecule has 3 nitrogen and oxygen atoms in total. The molecule has 110 valence electrons. The Morgan fingerprint density at radius 3 is 2.95 bits per heavy atom. The van der Waals surface area contributed by atoms with Crippen LogP contribution < -0.4 is 15.2 Å². The van der Waals surface area contributed by atoms with Crippen molar-refractivity contribution < 1.29 is 13.9 Å².